The second kappa shape index (κ2) is 10.1. The third-order valence-corrected chi connectivity index (χ3v) is 8.53. The molecule has 3 heterocycles. The van der Waals surface area contributed by atoms with Crippen molar-refractivity contribution in [2.24, 2.45) is 11.8 Å². The molecule has 0 aromatic heterocycles. The Morgan fingerprint density at radius 2 is 1.89 bits per heavy atom. The van der Waals surface area contributed by atoms with Crippen LogP contribution in [0.5, 0.6) is 0 Å². The lowest BCUT2D eigenvalue weighted by Gasteiger charge is -2.37. The van der Waals surface area contributed by atoms with Crippen LogP contribution in [0.25, 0.3) is 0 Å². The summed E-state index contributed by atoms with van der Waals surface area (Å²) in [7, 11) is 1.70. The van der Waals surface area contributed by atoms with Gasteiger partial charge in [0.05, 0.1) is 24.0 Å². The number of nitrogens with zero attached hydrogens (tertiary/aromatic N) is 3. The number of rotatable bonds is 10. The fourth-order valence-corrected chi connectivity index (χ4v) is 6.84. The first-order chi connectivity index (χ1) is 17.6. The highest BCUT2D eigenvalue weighted by Gasteiger charge is 2.79. The number of carbonyl (C=O) groups excluding carboxylic acids is 3. The molecule has 2 unspecified atom stereocenters. The number of benzene rings is 1. The van der Waals surface area contributed by atoms with E-state index in [1.807, 2.05) is 39.0 Å². The molecule has 0 radical (unpaired) electrons. The minimum absolute atomic E-state index is 0.00584. The molecule has 1 aromatic carbocycles. The molecule has 0 aliphatic carbocycles. The highest BCUT2D eigenvalue weighted by Crippen LogP contribution is 2.64. The van der Waals surface area contributed by atoms with Crippen molar-refractivity contribution in [3.63, 3.8) is 0 Å². The summed E-state index contributed by atoms with van der Waals surface area (Å²) in [4.78, 5) is 46.9. The van der Waals surface area contributed by atoms with Crippen LogP contribution in [-0.4, -0.2) is 83.2 Å². The first-order valence-electron chi connectivity index (χ1n) is 13.1. The smallest absolute Gasteiger partial charge is 0.253 e. The largest absolute Gasteiger partial charge is 0.395 e. The minimum Gasteiger partial charge on any atom is -0.395 e. The molecule has 8 nitrogen and oxygen atoms in total. The highest BCUT2D eigenvalue weighted by atomic mass is 16.5. The van der Waals surface area contributed by atoms with Crippen LogP contribution in [0.3, 0.4) is 0 Å². The number of hydrogen-bond acceptors (Lipinski definition) is 5. The number of likely N-dealkylation sites (N-methyl/N-ethyl adjacent to an activating group) is 1. The maximum Gasteiger partial charge on any atom is 0.253 e. The van der Waals surface area contributed by atoms with Gasteiger partial charge in [0, 0.05) is 32.4 Å². The molecular formula is C29H39N3O5. The van der Waals surface area contributed by atoms with Gasteiger partial charge in [0.15, 0.2) is 0 Å². The van der Waals surface area contributed by atoms with Gasteiger partial charge >= 0.3 is 0 Å². The zero-order valence-corrected chi connectivity index (χ0v) is 22.4. The quantitative estimate of drug-likeness (QED) is 0.490. The normalized spacial score (nSPS) is 29.8. The van der Waals surface area contributed by atoms with Gasteiger partial charge in [-0.2, -0.15) is 0 Å². The third kappa shape index (κ3) is 4.01. The van der Waals surface area contributed by atoms with Gasteiger partial charge < -0.3 is 24.5 Å². The van der Waals surface area contributed by atoms with E-state index in [-0.39, 0.29) is 37.4 Å². The van der Waals surface area contributed by atoms with Crippen LogP contribution in [-0.2, 0) is 19.1 Å². The van der Waals surface area contributed by atoms with Gasteiger partial charge in [-0.15, -0.1) is 13.2 Å². The summed E-state index contributed by atoms with van der Waals surface area (Å²) in [5.74, 6) is -2.23. The van der Waals surface area contributed by atoms with Crippen molar-refractivity contribution in [1.82, 2.24) is 9.80 Å². The number of aryl methyl sites for hydroxylation is 2. The number of aliphatic hydroxyl groups excluding tert-OH is 1. The zero-order chi connectivity index (χ0) is 27.1. The van der Waals surface area contributed by atoms with Gasteiger partial charge in [0.2, 0.25) is 11.8 Å². The standard InChI is InChI=1S/C29H39N3O5/c1-7-14-30(6)25(34)22-23-26(35)32(16-17-33)24(29(23)13-12-28(22,9-3)37-29)27(36)31(15-8-2)21-18-19(4)10-11-20(21)5/h7-8,10-11,18,22-24,33H,1-2,9,12-17H2,3-6H3/t22-,23-,24?,28+,29?/m0/s1. The van der Waals surface area contributed by atoms with Crippen LogP contribution in [0.1, 0.15) is 37.3 Å². The molecule has 1 spiro atoms. The van der Waals surface area contributed by atoms with Crippen molar-refractivity contribution in [2.45, 2.75) is 57.3 Å². The Balaban J connectivity index is 1.84. The van der Waals surface area contributed by atoms with Gasteiger partial charge in [-0.25, -0.2) is 0 Å². The van der Waals surface area contributed by atoms with Gasteiger partial charge in [-0.05, 0) is 50.3 Å². The molecule has 3 amide bonds. The Kier molecular flexibility index (Phi) is 7.36. The van der Waals surface area contributed by atoms with Gasteiger partial charge in [-0.1, -0.05) is 31.2 Å². The Hall–Kier alpha value is -2.97. The van der Waals surface area contributed by atoms with Gasteiger partial charge in [-0.3, -0.25) is 14.4 Å². The lowest BCUT2D eigenvalue weighted by Crippen LogP contribution is -2.57. The maximum absolute atomic E-state index is 14.5. The fourth-order valence-electron chi connectivity index (χ4n) is 6.84. The summed E-state index contributed by atoms with van der Waals surface area (Å²) >= 11 is 0. The van der Waals surface area contributed by atoms with Crippen LogP contribution in [0.15, 0.2) is 43.5 Å². The summed E-state index contributed by atoms with van der Waals surface area (Å²) in [6.45, 7) is 13.8. The Labute approximate surface area is 219 Å². The number of carbonyl (C=O) groups is 3. The van der Waals surface area contributed by atoms with E-state index in [0.717, 1.165) is 16.8 Å². The molecule has 8 heteroatoms. The number of anilines is 1. The van der Waals surface area contributed by atoms with Crippen molar-refractivity contribution >= 4 is 23.4 Å². The summed E-state index contributed by atoms with van der Waals surface area (Å²) in [5, 5.41) is 9.88. The number of ether oxygens (including phenoxy) is 1. The van der Waals surface area contributed by atoms with E-state index in [1.54, 1.807) is 29.0 Å². The molecule has 0 saturated carbocycles. The van der Waals surface area contributed by atoms with E-state index < -0.39 is 29.1 Å². The second-order valence-electron chi connectivity index (χ2n) is 10.6. The summed E-state index contributed by atoms with van der Waals surface area (Å²) in [5.41, 5.74) is 0.739. The van der Waals surface area contributed by atoms with Crippen molar-refractivity contribution < 1.29 is 24.2 Å². The molecule has 1 N–H and O–H groups in total. The van der Waals surface area contributed by atoms with Crippen LogP contribution in [0, 0.1) is 25.7 Å². The van der Waals surface area contributed by atoms with Crippen LogP contribution in [0.4, 0.5) is 5.69 Å². The Bertz CT molecular complexity index is 1120. The highest BCUT2D eigenvalue weighted by molar-refractivity contribution is 6.05. The fraction of sp³-hybridized carbons (Fsp3) is 0.552. The molecule has 4 rings (SSSR count). The van der Waals surface area contributed by atoms with Crippen LogP contribution < -0.4 is 4.90 Å². The lowest BCUT2D eigenvalue weighted by molar-refractivity contribution is -0.150. The average molecular weight is 510 g/mol. The molecule has 200 valence electrons. The summed E-state index contributed by atoms with van der Waals surface area (Å²) < 4.78 is 6.79. The third-order valence-electron chi connectivity index (χ3n) is 8.53. The number of aliphatic hydroxyl groups is 1. The number of β-amino-alcohol motifs (C(OH)–C–C–N with tert-alkyl or cyclic N) is 1. The van der Waals surface area contributed by atoms with Gasteiger partial charge in [0.1, 0.15) is 11.6 Å². The Morgan fingerprint density at radius 1 is 1.19 bits per heavy atom. The van der Waals surface area contributed by atoms with Gasteiger partial charge in [0.25, 0.3) is 5.91 Å². The van der Waals surface area contributed by atoms with E-state index in [9.17, 15) is 19.5 Å². The number of fused-ring (bicyclic) bond motifs is 1. The summed E-state index contributed by atoms with van der Waals surface area (Å²) in [6.07, 6.45) is 4.97. The number of amides is 3. The number of hydrogen-bond donors (Lipinski definition) is 1. The monoisotopic (exact) mass is 509 g/mol. The van der Waals surface area contributed by atoms with E-state index in [4.69, 9.17) is 4.74 Å². The van der Waals surface area contributed by atoms with E-state index in [2.05, 4.69) is 13.2 Å². The summed E-state index contributed by atoms with van der Waals surface area (Å²) in [6, 6.07) is 4.96. The first-order valence-corrected chi connectivity index (χ1v) is 13.1. The van der Waals surface area contributed by atoms with E-state index >= 15 is 0 Å². The van der Waals surface area contributed by atoms with E-state index in [0.29, 0.717) is 25.8 Å². The van der Waals surface area contributed by atoms with Crippen molar-refractivity contribution in [2.75, 3.05) is 38.2 Å². The topological polar surface area (TPSA) is 90.4 Å². The molecule has 1 aromatic rings. The molecule has 5 atom stereocenters. The maximum atomic E-state index is 14.5. The van der Waals surface area contributed by atoms with Crippen molar-refractivity contribution in [3.8, 4) is 0 Å². The zero-order valence-electron chi connectivity index (χ0n) is 22.4. The molecule has 2 bridgehead atoms. The minimum atomic E-state index is -1.13. The van der Waals surface area contributed by atoms with Crippen molar-refractivity contribution in [1.29, 1.82) is 0 Å². The first kappa shape index (κ1) is 27.1. The number of likely N-dealkylation sites (tertiary alicyclic amines) is 1. The molecule has 3 fully saturated rings. The van der Waals surface area contributed by atoms with E-state index in [1.165, 1.54) is 4.90 Å². The average Bonchev–Trinajstić information content (AvgIpc) is 3.47. The SMILES string of the molecule is C=CCN(C)C(=O)[C@@H]1[C@H]2C(=O)N(CCO)C(C(=O)N(CC=C)c3cc(C)ccc3C)C23CC[C@@]1(CC)O3. The molecule has 3 aliphatic heterocycles. The molecule has 3 saturated heterocycles. The van der Waals surface area contributed by atoms with Crippen LogP contribution >= 0.6 is 0 Å². The molecule has 37 heavy (non-hydrogen) atoms. The lowest BCUT2D eigenvalue weighted by atomic mass is 9.64. The predicted molar refractivity (Wildman–Crippen MR) is 142 cm³/mol. The Morgan fingerprint density at radius 3 is 2.51 bits per heavy atom. The second-order valence-corrected chi connectivity index (χ2v) is 10.6. The van der Waals surface area contributed by atoms with Crippen LogP contribution in [0.2, 0.25) is 0 Å². The predicted octanol–water partition coefficient (Wildman–Crippen LogP) is 2.61. The molecular weight excluding hydrogens is 470 g/mol. The van der Waals surface area contributed by atoms with Crippen molar-refractivity contribution in [3.05, 3.63) is 54.6 Å². The molecule has 3 aliphatic rings.